The zero-order valence-electron chi connectivity index (χ0n) is 21.3. The Kier molecular flexibility index (Phi) is 26.0. The highest BCUT2D eigenvalue weighted by atomic mass is 14.1. The van der Waals surface area contributed by atoms with Crippen LogP contribution in [0.25, 0.3) is 0 Å². The first kappa shape index (κ1) is 29.0. The van der Waals surface area contributed by atoms with Crippen LogP contribution in [-0.2, 0) is 0 Å². The van der Waals surface area contributed by atoms with Crippen LogP contribution in [0, 0.1) is 5.92 Å². The highest BCUT2D eigenvalue weighted by Gasteiger charge is 2.07. The van der Waals surface area contributed by atoms with Crippen molar-refractivity contribution in [2.24, 2.45) is 5.92 Å². The predicted octanol–water partition coefficient (Wildman–Crippen LogP) is 11.4. The molecule has 0 aromatic rings. The maximum Gasteiger partial charge on any atom is -0.0414 e. The molecule has 0 rings (SSSR count). The monoisotopic (exact) mass is 408 g/mol. The summed E-state index contributed by atoms with van der Waals surface area (Å²) in [4.78, 5) is 0. The van der Waals surface area contributed by atoms with Crippen molar-refractivity contribution in [1.82, 2.24) is 0 Å². The normalized spacial score (nSPS) is 12.5. The van der Waals surface area contributed by atoms with Gasteiger partial charge in [0.25, 0.3) is 0 Å². The zero-order valence-corrected chi connectivity index (χ0v) is 21.3. The first-order valence-electron chi connectivity index (χ1n) is 14.3. The lowest BCUT2D eigenvalue weighted by Crippen LogP contribution is -2.00. The fraction of sp³-hybridized carbons (Fsp3) is 1.00. The van der Waals surface area contributed by atoms with Crippen LogP contribution in [-0.4, -0.2) is 0 Å². The average Bonchev–Trinajstić information content (AvgIpc) is 2.73. The molecule has 0 amide bonds. The van der Waals surface area contributed by atoms with Crippen molar-refractivity contribution in [3.05, 3.63) is 0 Å². The molecule has 0 N–H and O–H groups in total. The molecule has 0 nitrogen and oxygen atoms in total. The van der Waals surface area contributed by atoms with Crippen molar-refractivity contribution in [2.75, 3.05) is 0 Å². The molecule has 0 aliphatic rings. The highest BCUT2D eigenvalue weighted by molar-refractivity contribution is 4.60. The van der Waals surface area contributed by atoms with E-state index in [1.165, 1.54) is 161 Å². The van der Waals surface area contributed by atoms with Gasteiger partial charge in [-0.1, -0.05) is 181 Å². The van der Waals surface area contributed by atoms with E-state index in [0.717, 1.165) is 5.92 Å². The van der Waals surface area contributed by atoms with Gasteiger partial charge in [-0.25, -0.2) is 0 Å². The highest BCUT2D eigenvalue weighted by Crippen LogP contribution is 2.23. The van der Waals surface area contributed by atoms with Crippen LogP contribution in [0.15, 0.2) is 0 Å². The summed E-state index contributed by atoms with van der Waals surface area (Å²) in [5.74, 6) is 1.04. The van der Waals surface area contributed by atoms with Gasteiger partial charge in [-0.05, 0) is 5.92 Å². The second-order valence-electron chi connectivity index (χ2n) is 9.95. The molecule has 0 spiro atoms. The lowest BCUT2D eigenvalue weighted by atomic mass is 9.90. The molecule has 0 aromatic carbocycles. The predicted molar refractivity (Wildman–Crippen MR) is 136 cm³/mol. The Hall–Kier alpha value is 0. The molecule has 29 heavy (non-hydrogen) atoms. The van der Waals surface area contributed by atoms with Crippen molar-refractivity contribution in [1.29, 1.82) is 0 Å². The Morgan fingerprint density at radius 3 is 0.828 bits per heavy atom. The minimum atomic E-state index is 1.04. The maximum absolute atomic E-state index is 2.37. The van der Waals surface area contributed by atoms with Crippen LogP contribution in [0.4, 0.5) is 0 Å². The molecule has 1 atom stereocenters. The largest absolute Gasteiger partial charge is 0.0654 e. The van der Waals surface area contributed by atoms with E-state index in [1.54, 1.807) is 0 Å². The van der Waals surface area contributed by atoms with Gasteiger partial charge in [-0.2, -0.15) is 0 Å². The Morgan fingerprint density at radius 1 is 0.276 bits per heavy atom. The second kappa shape index (κ2) is 26.0. The molecule has 0 saturated heterocycles. The van der Waals surface area contributed by atoms with Gasteiger partial charge in [0.2, 0.25) is 0 Å². The molecule has 0 aliphatic carbocycles. The van der Waals surface area contributed by atoms with Gasteiger partial charge in [-0.3, -0.25) is 0 Å². The molecule has 0 heterocycles. The fourth-order valence-electron chi connectivity index (χ4n) is 4.86. The lowest BCUT2D eigenvalue weighted by Gasteiger charge is -2.16. The number of hydrogen-bond donors (Lipinski definition) is 0. The summed E-state index contributed by atoms with van der Waals surface area (Å²) < 4.78 is 0. The SMILES string of the molecule is CCCCCCCCCCCCCCCCCCC(CCC)CCCCCCC. The van der Waals surface area contributed by atoms with Gasteiger partial charge >= 0.3 is 0 Å². The molecule has 0 saturated carbocycles. The summed E-state index contributed by atoms with van der Waals surface area (Å²) in [6.45, 7) is 7.00. The molecule has 0 radical (unpaired) electrons. The third-order valence-electron chi connectivity index (χ3n) is 6.88. The summed E-state index contributed by atoms with van der Waals surface area (Å²) >= 11 is 0. The van der Waals surface area contributed by atoms with Crippen molar-refractivity contribution in [3.63, 3.8) is 0 Å². The third kappa shape index (κ3) is 24.1. The molecule has 176 valence electrons. The van der Waals surface area contributed by atoms with Crippen molar-refractivity contribution >= 4 is 0 Å². The zero-order chi connectivity index (χ0) is 21.3. The van der Waals surface area contributed by atoms with Crippen LogP contribution in [0.2, 0.25) is 0 Å². The van der Waals surface area contributed by atoms with E-state index >= 15 is 0 Å². The molecule has 0 fully saturated rings. The van der Waals surface area contributed by atoms with E-state index in [0.29, 0.717) is 0 Å². The quantitative estimate of drug-likeness (QED) is 0.132. The summed E-state index contributed by atoms with van der Waals surface area (Å²) in [6, 6.07) is 0. The molecule has 0 bridgehead atoms. The van der Waals surface area contributed by atoms with Crippen molar-refractivity contribution in [2.45, 2.75) is 181 Å². The Bertz CT molecular complexity index is 269. The van der Waals surface area contributed by atoms with E-state index in [9.17, 15) is 0 Å². The van der Waals surface area contributed by atoms with Gasteiger partial charge in [-0.15, -0.1) is 0 Å². The van der Waals surface area contributed by atoms with E-state index in [4.69, 9.17) is 0 Å². The molecule has 0 heteroatoms. The van der Waals surface area contributed by atoms with Crippen molar-refractivity contribution in [3.8, 4) is 0 Å². The third-order valence-corrected chi connectivity index (χ3v) is 6.88. The summed E-state index contributed by atoms with van der Waals surface area (Å²) in [7, 11) is 0. The lowest BCUT2D eigenvalue weighted by molar-refractivity contribution is 0.377. The smallest absolute Gasteiger partial charge is 0.0414 e. The van der Waals surface area contributed by atoms with Crippen LogP contribution < -0.4 is 0 Å². The van der Waals surface area contributed by atoms with Gasteiger partial charge in [0.15, 0.2) is 0 Å². The Labute approximate surface area is 187 Å². The Morgan fingerprint density at radius 2 is 0.552 bits per heavy atom. The summed E-state index contributed by atoms with van der Waals surface area (Å²) in [5, 5.41) is 0. The summed E-state index contributed by atoms with van der Waals surface area (Å²) in [6.07, 6.45) is 36.8. The van der Waals surface area contributed by atoms with Crippen LogP contribution in [0.3, 0.4) is 0 Å². The van der Waals surface area contributed by atoms with Gasteiger partial charge < -0.3 is 0 Å². The van der Waals surface area contributed by atoms with Crippen molar-refractivity contribution < 1.29 is 0 Å². The maximum atomic E-state index is 2.37. The topological polar surface area (TPSA) is 0 Å². The number of unbranched alkanes of at least 4 members (excludes halogenated alkanes) is 19. The first-order chi connectivity index (χ1) is 14.3. The molecular weight excluding hydrogens is 348 g/mol. The van der Waals surface area contributed by atoms with E-state index in [1.807, 2.05) is 0 Å². The van der Waals surface area contributed by atoms with Gasteiger partial charge in [0, 0.05) is 0 Å². The van der Waals surface area contributed by atoms with E-state index < -0.39 is 0 Å². The molecular formula is C29H60. The number of hydrogen-bond acceptors (Lipinski definition) is 0. The fourth-order valence-corrected chi connectivity index (χ4v) is 4.86. The summed E-state index contributed by atoms with van der Waals surface area (Å²) in [5.41, 5.74) is 0. The minimum Gasteiger partial charge on any atom is -0.0654 e. The molecule has 0 aromatic heterocycles. The molecule has 0 aliphatic heterocycles. The Balaban J connectivity index is 3.29. The van der Waals surface area contributed by atoms with Gasteiger partial charge in [0.1, 0.15) is 0 Å². The first-order valence-corrected chi connectivity index (χ1v) is 14.3. The minimum absolute atomic E-state index is 1.04. The standard InChI is InChI=1S/C29H60/c1-4-7-9-11-12-13-14-15-16-17-18-19-20-21-23-25-28-29(26-6-3)27-24-22-10-8-5-2/h29H,4-28H2,1-3H3. The van der Waals surface area contributed by atoms with E-state index in [2.05, 4.69) is 20.8 Å². The van der Waals surface area contributed by atoms with E-state index in [-0.39, 0.29) is 0 Å². The molecule has 1 unspecified atom stereocenters. The van der Waals surface area contributed by atoms with Crippen LogP contribution in [0.5, 0.6) is 0 Å². The average molecular weight is 409 g/mol. The van der Waals surface area contributed by atoms with Crippen LogP contribution in [0.1, 0.15) is 181 Å². The van der Waals surface area contributed by atoms with Gasteiger partial charge in [0.05, 0.1) is 0 Å². The second-order valence-corrected chi connectivity index (χ2v) is 9.95. The number of rotatable bonds is 25. The van der Waals surface area contributed by atoms with Crippen LogP contribution >= 0.6 is 0 Å².